The Labute approximate surface area is 111 Å². The van der Waals surface area contributed by atoms with E-state index < -0.39 is 0 Å². The van der Waals surface area contributed by atoms with Gasteiger partial charge in [-0.3, -0.25) is 0 Å². The van der Waals surface area contributed by atoms with Crippen LogP contribution in [0.25, 0.3) is 11.5 Å². The predicted molar refractivity (Wildman–Crippen MR) is 66.9 cm³/mol. The molecule has 0 bridgehead atoms. The maximum atomic E-state index is 5.89. The third kappa shape index (κ3) is 2.56. The van der Waals surface area contributed by atoms with Crippen LogP contribution >= 0.6 is 39.1 Å². The van der Waals surface area contributed by atoms with Gasteiger partial charge in [-0.25, -0.2) is 0 Å². The Bertz CT molecular complexity index is 501. The fourth-order valence-electron chi connectivity index (χ4n) is 1.18. The molecule has 0 saturated heterocycles. The van der Waals surface area contributed by atoms with Crippen LogP contribution in [0.2, 0.25) is 5.02 Å². The molecule has 0 aliphatic rings. The van der Waals surface area contributed by atoms with E-state index in [-0.39, 0.29) is 0 Å². The van der Waals surface area contributed by atoms with E-state index in [0.29, 0.717) is 29.1 Å². The predicted octanol–water partition coefficient (Wildman–Crippen LogP) is 3.93. The van der Waals surface area contributed by atoms with Gasteiger partial charge in [0, 0.05) is 22.3 Å². The van der Waals surface area contributed by atoms with Crippen LogP contribution in [0.1, 0.15) is 5.89 Å². The van der Waals surface area contributed by atoms with Crippen LogP contribution in [0, 0.1) is 0 Å². The summed E-state index contributed by atoms with van der Waals surface area (Å²) in [6.07, 6.45) is 0.573. The summed E-state index contributed by atoms with van der Waals surface area (Å²) in [5.41, 5.74) is 0.824. The molecule has 1 aromatic carbocycles. The molecule has 16 heavy (non-hydrogen) atoms. The second kappa shape index (κ2) is 5.17. The van der Waals surface area contributed by atoms with E-state index >= 15 is 0 Å². The molecule has 0 aliphatic carbocycles. The van der Waals surface area contributed by atoms with Crippen LogP contribution in [-0.4, -0.2) is 16.1 Å². The Hall–Kier alpha value is -0.580. The number of benzene rings is 1. The molecule has 0 amide bonds. The molecule has 1 heterocycles. The highest BCUT2D eigenvalue weighted by Gasteiger charge is 2.09. The van der Waals surface area contributed by atoms with Gasteiger partial charge in [0.1, 0.15) is 0 Å². The van der Waals surface area contributed by atoms with Crippen molar-refractivity contribution in [1.82, 2.24) is 10.2 Å². The molecule has 1 aromatic heterocycles. The van der Waals surface area contributed by atoms with E-state index in [1.807, 2.05) is 12.1 Å². The number of aryl methyl sites for hydroxylation is 1. The second-order valence-corrected chi connectivity index (χ2v) is 4.71. The minimum atomic E-state index is 0.464. The van der Waals surface area contributed by atoms with E-state index in [1.54, 1.807) is 6.07 Å². The van der Waals surface area contributed by atoms with Gasteiger partial charge < -0.3 is 4.42 Å². The molecule has 3 nitrogen and oxygen atoms in total. The Balaban J connectivity index is 2.31. The smallest absolute Gasteiger partial charge is 0.247 e. The average molecular weight is 322 g/mol. The standard InChI is InChI=1S/C10H7BrCl2N2O/c11-7-5-6(1-2-8(7)13)10-15-14-9(16-10)3-4-12/h1-2,5H,3-4H2. The normalized spacial score (nSPS) is 10.7. The molecule has 0 fully saturated rings. The fourth-order valence-corrected chi connectivity index (χ4v) is 1.84. The second-order valence-electron chi connectivity index (χ2n) is 3.07. The summed E-state index contributed by atoms with van der Waals surface area (Å²) in [5, 5.41) is 8.46. The van der Waals surface area contributed by atoms with E-state index in [4.69, 9.17) is 27.6 Å². The van der Waals surface area contributed by atoms with Crippen molar-refractivity contribution in [3.05, 3.63) is 33.6 Å². The first-order chi connectivity index (χ1) is 7.70. The largest absolute Gasteiger partial charge is 0.421 e. The lowest BCUT2D eigenvalue weighted by atomic mass is 10.2. The van der Waals surface area contributed by atoms with Crippen LogP contribution < -0.4 is 0 Å². The first-order valence-electron chi connectivity index (χ1n) is 4.54. The molecule has 0 saturated carbocycles. The van der Waals surface area contributed by atoms with Crippen molar-refractivity contribution >= 4 is 39.1 Å². The van der Waals surface area contributed by atoms with Gasteiger partial charge in [0.15, 0.2) is 0 Å². The Morgan fingerprint density at radius 2 is 2.12 bits per heavy atom. The monoisotopic (exact) mass is 320 g/mol. The summed E-state index contributed by atoms with van der Waals surface area (Å²) in [4.78, 5) is 0. The topological polar surface area (TPSA) is 38.9 Å². The maximum absolute atomic E-state index is 5.89. The number of rotatable bonds is 3. The minimum Gasteiger partial charge on any atom is -0.421 e. The number of halogens is 3. The summed E-state index contributed by atoms with van der Waals surface area (Å²) in [7, 11) is 0. The Morgan fingerprint density at radius 3 is 2.81 bits per heavy atom. The average Bonchev–Trinajstić information content (AvgIpc) is 2.71. The first-order valence-corrected chi connectivity index (χ1v) is 6.25. The molecule has 6 heteroatoms. The number of hydrogen-bond donors (Lipinski definition) is 0. The Kier molecular flexibility index (Phi) is 3.84. The molecular weight excluding hydrogens is 315 g/mol. The van der Waals surface area contributed by atoms with Crippen molar-refractivity contribution in [2.24, 2.45) is 0 Å². The number of aromatic nitrogens is 2. The lowest BCUT2D eigenvalue weighted by molar-refractivity contribution is 0.513. The molecule has 0 radical (unpaired) electrons. The van der Waals surface area contributed by atoms with Gasteiger partial charge in [0.05, 0.1) is 5.02 Å². The van der Waals surface area contributed by atoms with Gasteiger partial charge in [-0.15, -0.1) is 21.8 Å². The van der Waals surface area contributed by atoms with Gasteiger partial charge in [-0.05, 0) is 34.1 Å². The van der Waals surface area contributed by atoms with Gasteiger partial charge in [0.25, 0.3) is 0 Å². The van der Waals surface area contributed by atoms with Crippen LogP contribution in [-0.2, 0) is 6.42 Å². The molecule has 0 N–H and O–H groups in total. The van der Waals surface area contributed by atoms with Crippen LogP contribution in [0.3, 0.4) is 0 Å². The van der Waals surface area contributed by atoms with Crippen LogP contribution in [0.15, 0.2) is 27.1 Å². The third-order valence-corrected chi connectivity index (χ3v) is 3.34. The number of alkyl halides is 1. The number of nitrogens with zero attached hydrogens (tertiary/aromatic N) is 2. The lowest BCUT2D eigenvalue weighted by Crippen LogP contribution is -1.84. The fraction of sp³-hybridized carbons (Fsp3) is 0.200. The van der Waals surface area contributed by atoms with E-state index in [2.05, 4.69) is 26.1 Å². The highest BCUT2D eigenvalue weighted by atomic mass is 79.9. The molecule has 84 valence electrons. The zero-order valence-corrected chi connectivity index (χ0v) is 11.2. The molecule has 0 atom stereocenters. The van der Waals surface area contributed by atoms with Gasteiger partial charge in [0.2, 0.25) is 11.8 Å². The molecule has 2 aromatic rings. The molecule has 0 unspecified atom stereocenters. The lowest BCUT2D eigenvalue weighted by Gasteiger charge is -1.97. The van der Waals surface area contributed by atoms with Crippen molar-refractivity contribution in [3.8, 4) is 11.5 Å². The zero-order valence-electron chi connectivity index (χ0n) is 8.08. The summed E-state index contributed by atoms with van der Waals surface area (Å²) < 4.78 is 6.23. The summed E-state index contributed by atoms with van der Waals surface area (Å²) >= 11 is 14.8. The minimum absolute atomic E-state index is 0.464. The van der Waals surface area contributed by atoms with Crippen molar-refractivity contribution in [2.75, 3.05) is 5.88 Å². The van der Waals surface area contributed by atoms with Crippen LogP contribution in [0.5, 0.6) is 0 Å². The molecular formula is C10H7BrCl2N2O. The van der Waals surface area contributed by atoms with Gasteiger partial charge in [-0.1, -0.05) is 11.6 Å². The summed E-state index contributed by atoms with van der Waals surface area (Å²) in [6, 6.07) is 5.43. The molecule has 0 spiro atoms. The summed E-state index contributed by atoms with van der Waals surface area (Å²) in [5.74, 6) is 1.47. The quantitative estimate of drug-likeness (QED) is 0.804. The maximum Gasteiger partial charge on any atom is 0.247 e. The first kappa shape index (κ1) is 11.9. The van der Waals surface area contributed by atoms with Crippen molar-refractivity contribution < 1.29 is 4.42 Å². The molecule has 2 rings (SSSR count). The molecule has 0 aliphatic heterocycles. The van der Waals surface area contributed by atoms with Crippen molar-refractivity contribution in [1.29, 1.82) is 0 Å². The highest BCUT2D eigenvalue weighted by molar-refractivity contribution is 9.10. The third-order valence-electron chi connectivity index (χ3n) is 1.94. The van der Waals surface area contributed by atoms with Crippen molar-refractivity contribution in [3.63, 3.8) is 0 Å². The zero-order chi connectivity index (χ0) is 11.5. The van der Waals surface area contributed by atoms with Gasteiger partial charge >= 0.3 is 0 Å². The van der Waals surface area contributed by atoms with E-state index in [9.17, 15) is 0 Å². The Morgan fingerprint density at radius 1 is 1.31 bits per heavy atom. The SMILES string of the molecule is ClCCc1nnc(-c2ccc(Cl)c(Br)c2)o1. The van der Waals surface area contributed by atoms with Gasteiger partial charge in [-0.2, -0.15) is 0 Å². The van der Waals surface area contributed by atoms with E-state index in [0.717, 1.165) is 10.0 Å². The number of hydrogen-bond acceptors (Lipinski definition) is 3. The van der Waals surface area contributed by atoms with E-state index in [1.165, 1.54) is 0 Å². The highest BCUT2D eigenvalue weighted by Crippen LogP contribution is 2.28. The summed E-state index contributed by atoms with van der Waals surface area (Å²) in [6.45, 7) is 0. The van der Waals surface area contributed by atoms with Crippen molar-refractivity contribution in [2.45, 2.75) is 6.42 Å². The van der Waals surface area contributed by atoms with Crippen LogP contribution in [0.4, 0.5) is 0 Å².